The van der Waals surface area contributed by atoms with Crippen LogP contribution in [-0.2, 0) is 17.3 Å². The van der Waals surface area contributed by atoms with Gasteiger partial charge in [0.25, 0.3) is 0 Å². The molecule has 0 saturated carbocycles. The molecule has 0 spiro atoms. The molecule has 0 saturated heterocycles. The van der Waals surface area contributed by atoms with E-state index in [1.807, 2.05) is 0 Å². The van der Waals surface area contributed by atoms with Crippen LogP contribution in [0.4, 0.5) is 18.9 Å². The summed E-state index contributed by atoms with van der Waals surface area (Å²) in [4.78, 5) is 14.8. The lowest BCUT2D eigenvalue weighted by atomic mass is 10.1. The third-order valence-electron chi connectivity index (χ3n) is 3.61. The first kappa shape index (κ1) is 18.7. The van der Waals surface area contributed by atoms with Crippen molar-refractivity contribution in [3.63, 3.8) is 0 Å². The number of rotatable bonds is 5. The molecule has 132 valence electrons. The van der Waals surface area contributed by atoms with Crippen molar-refractivity contribution in [3.05, 3.63) is 32.0 Å². The fourth-order valence-electron chi connectivity index (χ4n) is 2.68. The van der Waals surface area contributed by atoms with Crippen LogP contribution < -0.4 is 0 Å². The fourth-order valence-corrected chi connectivity index (χ4v) is 3.35. The molecule has 24 heavy (non-hydrogen) atoms. The van der Waals surface area contributed by atoms with Crippen LogP contribution in [0.2, 0.25) is 0 Å². The lowest BCUT2D eigenvalue weighted by Gasteiger charge is -2.17. The maximum absolute atomic E-state index is 13.2. The lowest BCUT2D eigenvalue weighted by molar-refractivity contribution is -0.384. The second-order valence-electron chi connectivity index (χ2n) is 5.27. The summed E-state index contributed by atoms with van der Waals surface area (Å²) in [6, 6.07) is 0.513. The standard InChI is InChI=1S/C14H15BrF3N3O3/c1-4-10-19-9-5-8(14(16,17)18)11(15)13(21(22)23)12(9)20(10)7(2)6-24-3/h5,7H,4,6H2,1-3H3. The highest BCUT2D eigenvalue weighted by molar-refractivity contribution is 9.10. The minimum Gasteiger partial charge on any atom is -0.383 e. The number of alkyl halides is 3. The average molecular weight is 410 g/mol. The van der Waals surface area contributed by atoms with Crippen LogP contribution in [0.25, 0.3) is 11.0 Å². The van der Waals surface area contributed by atoms with Gasteiger partial charge in [0.05, 0.1) is 28.7 Å². The zero-order chi connectivity index (χ0) is 18.2. The van der Waals surface area contributed by atoms with Crippen molar-refractivity contribution in [3.8, 4) is 0 Å². The van der Waals surface area contributed by atoms with Gasteiger partial charge in [0, 0.05) is 13.5 Å². The molecule has 1 heterocycles. The Morgan fingerprint density at radius 2 is 2.12 bits per heavy atom. The van der Waals surface area contributed by atoms with Gasteiger partial charge in [0.15, 0.2) is 0 Å². The number of nitrogens with zero attached hydrogens (tertiary/aromatic N) is 3. The number of hydrogen-bond donors (Lipinski definition) is 0. The number of imidazole rings is 1. The van der Waals surface area contributed by atoms with E-state index in [-0.39, 0.29) is 23.7 Å². The number of halogens is 4. The first-order valence-electron chi connectivity index (χ1n) is 7.07. The highest BCUT2D eigenvalue weighted by Crippen LogP contribution is 2.44. The monoisotopic (exact) mass is 409 g/mol. The van der Waals surface area contributed by atoms with E-state index >= 15 is 0 Å². The first-order chi connectivity index (χ1) is 11.1. The predicted octanol–water partition coefficient (Wildman–Crippen LogP) is 4.50. The van der Waals surface area contributed by atoms with E-state index < -0.39 is 26.8 Å². The zero-order valence-corrected chi connectivity index (χ0v) is 14.7. The summed E-state index contributed by atoms with van der Waals surface area (Å²) in [6.45, 7) is 3.79. The van der Waals surface area contributed by atoms with Gasteiger partial charge in [-0.15, -0.1) is 0 Å². The van der Waals surface area contributed by atoms with E-state index in [9.17, 15) is 23.3 Å². The summed E-state index contributed by atoms with van der Waals surface area (Å²) in [5.41, 5.74) is -1.76. The summed E-state index contributed by atoms with van der Waals surface area (Å²) in [5.74, 6) is 0.462. The Morgan fingerprint density at radius 3 is 2.58 bits per heavy atom. The van der Waals surface area contributed by atoms with Gasteiger partial charge in [-0.05, 0) is 28.9 Å². The molecule has 0 aliphatic heterocycles. The molecule has 6 nitrogen and oxygen atoms in total. The molecule has 0 radical (unpaired) electrons. The van der Waals surface area contributed by atoms with Crippen LogP contribution in [0.5, 0.6) is 0 Å². The number of hydrogen-bond acceptors (Lipinski definition) is 4. The lowest BCUT2D eigenvalue weighted by Crippen LogP contribution is -2.15. The maximum Gasteiger partial charge on any atom is 0.417 e. The average Bonchev–Trinajstić information content (AvgIpc) is 2.83. The van der Waals surface area contributed by atoms with Crippen molar-refractivity contribution < 1.29 is 22.8 Å². The van der Waals surface area contributed by atoms with Gasteiger partial charge >= 0.3 is 11.9 Å². The topological polar surface area (TPSA) is 70.2 Å². The van der Waals surface area contributed by atoms with E-state index in [0.29, 0.717) is 12.2 Å². The minimum atomic E-state index is -4.73. The molecular formula is C14H15BrF3N3O3. The van der Waals surface area contributed by atoms with Crippen LogP contribution in [0.15, 0.2) is 10.5 Å². The van der Waals surface area contributed by atoms with E-state index in [0.717, 1.165) is 6.07 Å². The van der Waals surface area contributed by atoms with E-state index in [2.05, 4.69) is 20.9 Å². The largest absolute Gasteiger partial charge is 0.417 e. The van der Waals surface area contributed by atoms with E-state index in [4.69, 9.17) is 4.74 Å². The van der Waals surface area contributed by atoms with Crippen molar-refractivity contribution in [1.82, 2.24) is 9.55 Å². The molecule has 0 bridgehead atoms. The Bertz CT molecular complexity index is 789. The van der Waals surface area contributed by atoms with Crippen LogP contribution in [0.1, 0.15) is 31.3 Å². The normalized spacial score (nSPS) is 13.5. The quantitative estimate of drug-likeness (QED) is 0.538. The molecule has 1 unspecified atom stereocenters. The minimum absolute atomic E-state index is 0.0567. The number of fused-ring (bicyclic) bond motifs is 1. The molecular weight excluding hydrogens is 395 g/mol. The van der Waals surface area contributed by atoms with Gasteiger partial charge < -0.3 is 9.30 Å². The summed E-state index contributed by atoms with van der Waals surface area (Å²) in [7, 11) is 1.48. The second-order valence-corrected chi connectivity index (χ2v) is 6.06. The summed E-state index contributed by atoms with van der Waals surface area (Å²) >= 11 is 2.76. The highest BCUT2D eigenvalue weighted by Gasteiger charge is 2.39. The smallest absolute Gasteiger partial charge is 0.383 e. The number of aryl methyl sites for hydroxylation is 1. The van der Waals surface area contributed by atoms with Crippen molar-refractivity contribution >= 4 is 32.7 Å². The predicted molar refractivity (Wildman–Crippen MR) is 85.1 cm³/mol. The third-order valence-corrected chi connectivity index (χ3v) is 4.42. The highest BCUT2D eigenvalue weighted by atomic mass is 79.9. The summed E-state index contributed by atoms with van der Waals surface area (Å²) < 4.78 is 45.6. The molecule has 0 aliphatic carbocycles. The molecule has 0 fully saturated rings. The zero-order valence-electron chi connectivity index (χ0n) is 13.1. The molecule has 1 atom stereocenters. The molecule has 10 heteroatoms. The van der Waals surface area contributed by atoms with Gasteiger partial charge in [0.1, 0.15) is 15.8 Å². The Balaban J connectivity index is 2.94. The van der Waals surface area contributed by atoms with Crippen LogP contribution in [-0.4, -0.2) is 28.2 Å². The SMILES string of the molecule is CCc1nc2cc(C(F)(F)F)c(Br)c([N+](=O)[O-])c2n1C(C)COC. The van der Waals surface area contributed by atoms with Crippen molar-refractivity contribution in [1.29, 1.82) is 0 Å². The number of ether oxygens (including phenoxy) is 1. The number of benzene rings is 1. The fraction of sp³-hybridized carbons (Fsp3) is 0.500. The number of aromatic nitrogens is 2. The number of methoxy groups -OCH3 is 1. The maximum atomic E-state index is 13.2. The summed E-state index contributed by atoms with van der Waals surface area (Å²) in [5, 5.41) is 11.5. The summed E-state index contributed by atoms with van der Waals surface area (Å²) in [6.07, 6.45) is -4.31. The van der Waals surface area contributed by atoms with Crippen LogP contribution in [0, 0.1) is 10.1 Å². The molecule has 1 aromatic carbocycles. The molecule has 1 aromatic heterocycles. The second kappa shape index (κ2) is 6.67. The Hall–Kier alpha value is -1.68. The van der Waals surface area contributed by atoms with Crippen LogP contribution in [0.3, 0.4) is 0 Å². The van der Waals surface area contributed by atoms with Gasteiger partial charge in [-0.25, -0.2) is 4.98 Å². The van der Waals surface area contributed by atoms with Crippen LogP contribution >= 0.6 is 15.9 Å². The Labute approximate surface area is 143 Å². The Kier molecular flexibility index (Phi) is 5.19. The molecule has 0 aliphatic rings. The molecule has 2 aromatic rings. The molecule has 2 rings (SSSR count). The van der Waals surface area contributed by atoms with Gasteiger partial charge in [-0.3, -0.25) is 10.1 Å². The third kappa shape index (κ3) is 3.12. The van der Waals surface area contributed by atoms with Crippen molar-refractivity contribution in [2.24, 2.45) is 0 Å². The molecule has 0 N–H and O–H groups in total. The van der Waals surface area contributed by atoms with Gasteiger partial charge in [-0.2, -0.15) is 13.2 Å². The van der Waals surface area contributed by atoms with E-state index in [1.165, 1.54) is 7.11 Å². The van der Waals surface area contributed by atoms with E-state index in [1.54, 1.807) is 18.4 Å². The Morgan fingerprint density at radius 1 is 1.50 bits per heavy atom. The first-order valence-corrected chi connectivity index (χ1v) is 7.86. The van der Waals surface area contributed by atoms with Gasteiger partial charge in [0.2, 0.25) is 0 Å². The van der Waals surface area contributed by atoms with Crippen molar-refractivity contribution in [2.75, 3.05) is 13.7 Å². The molecule has 0 amide bonds. The van der Waals surface area contributed by atoms with Crippen molar-refractivity contribution in [2.45, 2.75) is 32.5 Å². The van der Waals surface area contributed by atoms with Gasteiger partial charge in [-0.1, -0.05) is 6.92 Å². The number of nitro groups is 1. The number of nitro benzene ring substituents is 1.